The highest BCUT2D eigenvalue weighted by Gasteiger charge is 2.47. The fourth-order valence-electron chi connectivity index (χ4n) is 5.38. The van der Waals surface area contributed by atoms with E-state index in [1.807, 2.05) is 48.7 Å². The van der Waals surface area contributed by atoms with Crippen LogP contribution in [0.15, 0.2) is 30.3 Å². The summed E-state index contributed by atoms with van der Waals surface area (Å²) in [5, 5.41) is 0.676. The van der Waals surface area contributed by atoms with E-state index in [4.69, 9.17) is 29.7 Å². The van der Waals surface area contributed by atoms with Crippen LogP contribution in [0.1, 0.15) is 79.7 Å². The maximum Gasteiger partial charge on any atom is 0.355 e. The van der Waals surface area contributed by atoms with E-state index in [2.05, 4.69) is 9.97 Å². The molecule has 0 radical (unpaired) electrons. The highest BCUT2D eigenvalue weighted by molar-refractivity contribution is 6.00. The Kier molecular flexibility index (Phi) is 7.06. The Labute approximate surface area is 215 Å². The van der Waals surface area contributed by atoms with Gasteiger partial charge in [-0.1, -0.05) is 43.2 Å². The number of benzene rings is 1. The summed E-state index contributed by atoms with van der Waals surface area (Å²) in [6.45, 7) is 5.86. The molecule has 3 unspecified atom stereocenters. The number of hydrogen-bond acceptors (Lipinski definition) is 9. The van der Waals surface area contributed by atoms with E-state index >= 15 is 0 Å². The van der Waals surface area contributed by atoms with Crippen molar-refractivity contribution in [3.05, 3.63) is 47.2 Å². The second kappa shape index (κ2) is 10.3. The van der Waals surface area contributed by atoms with Gasteiger partial charge in [0.2, 0.25) is 17.6 Å². The molecule has 2 fully saturated rings. The second-order valence-corrected chi connectivity index (χ2v) is 9.73. The lowest BCUT2D eigenvalue weighted by Gasteiger charge is -2.40. The molecule has 0 bridgehead atoms. The van der Waals surface area contributed by atoms with Crippen LogP contribution in [0.2, 0.25) is 0 Å². The summed E-state index contributed by atoms with van der Waals surface area (Å²) in [5.74, 6) is -1.30. The normalized spacial score (nSPS) is 24.4. The number of nitrogens with two attached hydrogens (primary N) is 1. The molecule has 1 saturated heterocycles. The zero-order chi connectivity index (χ0) is 26.2. The first-order chi connectivity index (χ1) is 17.9. The zero-order valence-electron chi connectivity index (χ0n) is 21.7. The molecule has 1 aliphatic carbocycles. The van der Waals surface area contributed by atoms with Gasteiger partial charge in [-0.3, -0.25) is 0 Å². The van der Waals surface area contributed by atoms with Crippen molar-refractivity contribution in [2.45, 2.75) is 76.9 Å². The Hall–Kier alpha value is -3.21. The summed E-state index contributed by atoms with van der Waals surface area (Å²) >= 11 is 0. The van der Waals surface area contributed by atoms with Crippen LogP contribution >= 0.6 is 0 Å². The fourth-order valence-corrected chi connectivity index (χ4v) is 5.38. The fraction of sp³-hybridized carbons (Fsp3) is 0.519. The molecule has 0 spiro atoms. The number of anilines is 1. The standard InChI is InChI=1S/C27H34N4O6/c1-5-34-24-21-16(2)22(31(18-13-9-10-14-18)23(21)29-26(28)30-24)25(32)35-20-15-19(17-11-7-6-8-12-17)36-37-27(20,3)33-4/h6-8,11-12,18-20H,5,9-10,13-15H2,1-4H3,(H2,28,29,30). The maximum atomic E-state index is 14.0. The van der Waals surface area contributed by atoms with Gasteiger partial charge in [0.15, 0.2) is 11.8 Å². The van der Waals surface area contributed by atoms with Crippen molar-refractivity contribution in [1.82, 2.24) is 14.5 Å². The van der Waals surface area contributed by atoms with E-state index in [1.54, 1.807) is 6.92 Å². The largest absolute Gasteiger partial charge is 0.477 e. The molecule has 10 heteroatoms. The third-order valence-electron chi connectivity index (χ3n) is 7.41. The molecule has 198 valence electrons. The van der Waals surface area contributed by atoms with Crippen LogP contribution in [0, 0.1) is 6.92 Å². The van der Waals surface area contributed by atoms with Crippen LogP contribution in [0.4, 0.5) is 5.95 Å². The summed E-state index contributed by atoms with van der Waals surface area (Å²) in [6, 6.07) is 9.78. The SMILES string of the molecule is CCOc1nc(N)nc2c1c(C)c(C(=O)OC1CC(c3ccccc3)OOC1(C)OC)n2C1CCCC1. The van der Waals surface area contributed by atoms with E-state index in [1.165, 1.54) is 7.11 Å². The predicted molar refractivity (Wildman–Crippen MR) is 136 cm³/mol. The van der Waals surface area contributed by atoms with Gasteiger partial charge in [-0.25, -0.2) is 9.68 Å². The molecule has 2 aromatic heterocycles. The average molecular weight is 511 g/mol. The summed E-state index contributed by atoms with van der Waals surface area (Å²) in [6.07, 6.45) is 3.23. The number of fused-ring (bicyclic) bond motifs is 1. The third-order valence-corrected chi connectivity index (χ3v) is 7.41. The number of methoxy groups -OCH3 is 1. The Bertz CT molecular complexity index is 1270. The topological polar surface area (TPSA) is 120 Å². The highest BCUT2D eigenvalue weighted by Crippen LogP contribution is 2.41. The number of carbonyl (C=O) groups excluding carboxylic acids is 1. The number of nitrogen functional groups attached to an aromatic ring is 1. The number of rotatable bonds is 7. The van der Waals surface area contributed by atoms with Crippen LogP contribution in [0.25, 0.3) is 11.0 Å². The summed E-state index contributed by atoms with van der Waals surface area (Å²) in [7, 11) is 1.50. The summed E-state index contributed by atoms with van der Waals surface area (Å²) < 4.78 is 19.5. The van der Waals surface area contributed by atoms with Crippen LogP contribution in [0.5, 0.6) is 5.88 Å². The first-order valence-electron chi connectivity index (χ1n) is 12.8. The van der Waals surface area contributed by atoms with E-state index in [9.17, 15) is 4.79 Å². The third kappa shape index (κ3) is 4.65. The molecule has 3 atom stereocenters. The molecule has 1 saturated carbocycles. The zero-order valence-corrected chi connectivity index (χ0v) is 21.7. The molecule has 3 heterocycles. The van der Waals surface area contributed by atoms with Gasteiger partial charge in [0, 0.05) is 19.6 Å². The van der Waals surface area contributed by atoms with Crippen molar-refractivity contribution in [3.63, 3.8) is 0 Å². The number of aryl methyl sites for hydroxylation is 1. The number of aromatic nitrogens is 3. The van der Waals surface area contributed by atoms with Gasteiger partial charge in [0.25, 0.3) is 0 Å². The lowest BCUT2D eigenvalue weighted by atomic mass is 9.98. The van der Waals surface area contributed by atoms with Crippen molar-refractivity contribution in [3.8, 4) is 5.88 Å². The van der Waals surface area contributed by atoms with E-state index < -0.39 is 24.0 Å². The number of nitrogens with zero attached hydrogens (tertiary/aromatic N) is 3. The Balaban J connectivity index is 1.55. The highest BCUT2D eigenvalue weighted by atomic mass is 17.2. The molecule has 0 amide bonds. The van der Waals surface area contributed by atoms with Gasteiger partial charge < -0.3 is 24.5 Å². The molecule has 1 aliphatic heterocycles. The van der Waals surface area contributed by atoms with Gasteiger partial charge in [0.1, 0.15) is 11.8 Å². The molecule has 5 rings (SSSR count). The van der Waals surface area contributed by atoms with Crippen molar-refractivity contribution in [2.24, 2.45) is 0 Å². The van der Waals surface area contributed by atoms with Gasteiger partial charge in [-0.15, -0.1) is 0 Å². The lowest BCUT2D eigenvalue weighted by Crippen LogP contribution is -2.51. The Morgan fingerprint density at radius 1 is 1.22 bits per heavy atom. The first-order valence-corrected chi connectivity index (χ1v) is 12.8. The first kappa shape index (κ1) is 25.4. The predicted octanol–water partition coefficient (Wildman–Crippen LogP) is 4.82. The van der Waals surface area contributed by atoms with Crippen molar-refractivity contribution in [1.29, 1.82) is 0 Å². The molecule has 37 heavy (non-hydrogen) atoms. The molecular formula is C27H34N4O6. The maximum absolute atomic E-state index is 14.0. The van der Waals surface area contributed by atoms with E-state index in [0.29, 0.717) is 41.2 Å². The van der Waals surface area contributed by atoms with Crippen LogP contribution in [-0.2, 0) is 19.2 Å². The molecule has 2 aliphatic rings. The smallest absolute Gasteiger partial charge is 0.355 e. The van der Waals surface area contributed by atoms with Crippen LogP contribution in [0.3, 0.4) is 0 Å². The average Bonchev–Trinajstić information content (AvgIpc) is 3.52. The van der Waals surface area contributed by atoms with E-state index in [0.717, 1.165) is 31.2 Å². The van der Waals surface area contributed by atoms with Gasteiger partial charge >= 0.3 is 5.97 Å². The minimum atomic E-state index is -1.28. The number of carbonyl (C=O) groups is 1. The van der Waals surface area contributed by atoms with E-state index in [-0.39, 0.29) is 12.0 Å². The number of ether oxygens (including phenoxy) is 3. The number of hydrogen-bond donors (Lipinski definition) is 1. The lowest BCUT2D eigenvalue weighted by molar-refractivity contribution is -0.481. The quantitative estimate of drug-likeness (QED) is 0.352. The van der Waals surface area contributed by atoms with Crippen molar-refractivity contribution in [2.75, 3.05) is 19.5 Å². The molecule has 2 N–H and O–H groups in total. The number of esters is 1. The second-order valence-electron chi connectivity index (χ2n) is 9.73. The van der Waals surface area contributed by atoms with Crippen LogP contribution in [-0.4, -0.2) is 46.1 Å². The van der Waals surface area contributed by atoms with Crippen molar-refractivity contribution < 1.29 is 28.8 Å². The van der Waals surface area contributed by atoms with Gasteiger partial charge in [0.05, 0.1) is 12.0 Å². The molecule has 3 aromatic rings. The molecule has 1 aromatic carbocycles. The Morgan fingerprint density at radius 2 is 1.95 bits per heavy atom. The molecular weight excluding hydrogens is 476 g/mol. The summed E-state index contributed by atoms with van der Waals surface area (Å²) in [4.78, 5) is 34.1. The summed E-state index contributed by atoms with van der Waals surface area (Å²) in [5.41, 5.74) is 8.68. The minimum Gasteiger partial charge on any atom is -0.477 e. The molecule has 10 nitrogen and oxygen atoms in total. The van der Waals surface area contributed by atoms with Crippen molar-refractivity contribution >= 4 is 23.0 Å². The monoisotopic (exact) mass is 510 g/mol. The van der Waals surface area contributed by atoms with Gasteiger partial charge in [-0.2, -0.15) is 14.9 Å². The minimum absolute atomic E-state index is 0.0966. The van der Waals surface area contributed by atoms with Crippen LogP contribution < -0.4 is 10.5 Å². The van der Waals surface area contributed by atoms with Gasteiger partial charge in [-0.05, 0) is 44.7 Å². The Morgan fingerprint density at radius 3 is 2.62 bits per heavy atom.